The maximum Gasteiger partial charge on any atom is 0.297 e. The summed E-state index contributed by atoms with van der Waals surface area (Å²) in [6.45, 7) is 3.09. The zero-order chi connectivity index (χ0) is 14.5. The smallest absolute Gasteiger partial charge is 0.297 e. The molecule has 1 heterocycles. The number of amides is 1. The molecule has 2 N–H and O–H groups in total. The molecular formula is C14H19N3O3. The van der Waals surface area contributed by atoms with Crippen LogP contribution in [0.4, 0.5) is 0 Å². The van der Waals surface area contributed by atoms with Crippen molar-refractivity contribution in [2.75, 3.05) is 13.7 Å². The third-order valence-corrected chi connectivity index (χ3v) is 3.00. The molecule has 0 atom stereocenters. The molecule has 0 radical (unpaired) electrons. The molecule has 0 unspecified atom stereocenters. The number of benzene rings is 1. The molecule has 1 aromatic heterocycles. The Hall–Kier alpha value is -2.24. The summed E-state index contributed by atoms with van der Waals surface area (Å²) in [5.41, 5.74) is 6.94. The number of methoxy groups -OCH3 is 1. The molecule has 6 heteroatoms. The number of imidazole rings is 1. The Bertz CT molecular complexity index is 607. The molecule has 0 bridgehead atoms. The van der Waals surface area contributed by atoms with Crippen molar-refractivity contribution >= 4 is 16.9 Å². The lowest BCUT2D eigenvalue weighted by Crippen LogP contribution is -2.12. The Morgan fingerprint density at radius 3 is 2.90 bits per heavy atom. The van der Waals surface area contributed by atoms with Crippen molar-refractivity contribution in [2.45, 2.75) is 26.3 Å². The second-order valence-corrected chi connectivity index (χ2v) is 4.40. The topological polar surface area (TPSA) is 79.4 Å². The molecule has 0 aliphatic carbocycles. The van der Waals surface area contributed by atoms with E-state index in [2.05, 4.69) is 4.98 Å². The Labute approximate surface area is 117 Å². The third kappa shape index (κ3) is 3.01. The average Bonchev–Trinajstić information content (AvgIpc) is 2.76. The molecule has 6 nitrogen and oxygen atoms in total. The first kappa shape index (κ1) is 14.2. The number of rotatable bonds is 7. The molecule has 1 amide bonds. The van der Waals surface area contributed by atoms with E-state index in [9.17, 15) is 4.79 Å². The van der Waals surface area contributed by atoms with Crippen LogP contribution in [-0.2, 0) is 11.3 Å². The van der Waals surface area contributed by atoms with Gasteiger partial charge in [-0.1, -0.05) is 0 Å². The first-order valence-corrected chi connectivity index (χ1v) is 6.61. The SMILES string of the molecule is CCOc1nc2cc(OC)ccc2n1CCCC(N)=O. The van der Waals surface area contributed by atoms with Gasteiger partial charge in [0.1, 0.15) is 5.75 Å². The highest BCUT2D eigenvalue weighted by atomic mass is 16.5. The monoisotopic (exact) mass is 277 g/mol. The summed E-state index contributed by atoms with van der Waals surface area (Å²) in [6.07, 6.45) is 1.01. The number of aromatic nitrogens is 2. The van der Waals surface area contributed by atoms with Gasteiger partial charge in [0.25, 0.3) is 6.01 Å². The van der Waals surface area contributed by atoms with Crippen LogP contribution in [-0.4, -0.2) is 29.2 Å². The van der Waals surface area contributed by atoms with Crippen molar-refractivity contribution in [3.63, 3.8) is 0 Å². The van der Waals surface area contributed by atoms with Crippen molar-refractivity contribution in [3.8, 4) is 11.8 Å². The van der Waals surface area contributed by atoms with Gasteiger partial charge in [0, 0.05) is 19.0 Å². The number of fused-ring (bicyclic) bond motifs is 1. The normalized spacial score (nSPS) is 10.7. The maximum absolute atomic E-state index is 10.8. The van der Waals surface area contributed by atoms with E-state index >= 15 is 0 Å². The minimum atomic E-state index is -0.297. The highest BCUT2D eigenvalue weighted by molar-refractivity contribution is 5.78. The van der Waals surface area contributed by atoms with Gasteiger partial charge in [-0.15, -0.1) is 0 Å². The molecule has 0 aliphatic rings. The fraction of sp³-hybridized carbons (Fsp3) is 0.429. The lowest BCUT2D eigenvalue weighted by Gasteiger charge is -2.08. The summed E-state index contributed by atoms with van der Waals surface area (Å²) in [5.74, 6) is 0.455. The van der Waals surface area contributed by atoms with E-state index in [-0.39, 0.29) is 5.91 Å². The Kier molecular flexibility index (Phi) is 4.45. The van der Waals surface area contributed by atoms with Crippen LogP contribution in [0.1, 0.15) is 19.8 Å². The zero-order valence-corrected chi connectivity index (χ0v) is 11.8. The van der Waals surface area contributed by atoms with Gasteiger partial charge in [0.2, 0.25) is 5.91 Å². The minimum Gasteiger partial charge on any atom is -0.497 e. The standard InChI is InChI=1S/C14H19N3O3/c1-3-20-14-16-11-9-10(19-2)6-7-12(11)17(14)8-4-5-13(15)18/h6-7,9H,3-5,8H2,1-2H3,(H2,15,18). The van der Waals surface area contributed by atoms with E-state index in [1.54, 1.807) is 7.11 Å². The van der Waals surface area contributed by atoms with Crippen molar-refractivity contribution in [1.82, 2.24) is 9.55 Å². The number of hydrogen-bond donors (Lipinski definition) is 1. The molecular weight excluding hydrogens is 258 g/mol. The van der Waals surface area contributed by atoms with Crippen LogP contribution < -0.4 is 15.2 Å². The van der Waals surface area contributed by atoms with Crippen LogP contribution in [0.25, 0.3) is 11.0 Å². The highest BCUT2D eigenvalue weighted by Crippen LogP contribution is 2.25. The second kappa shape index (κ2) is 6.27. The number of ether oxygens (including phenoxy) is 2. The quantitative estimate of drug-likeness (QED) is 0.835. The lowest BCUT2D eigenvalue weighted by molar-refractivity contribution is -0.118. The summed E-state index contributed by atoms with van der Waals surface area (Å²) in [4.78, 5) is 15.3. The number of hydrogen-bond acceptors (Lipinski definition) is 4. The van der Waals surface area contributed by atoms with Crippen LogP contribution in [0.3, 0.4) is 0 Å². The predicted molar refractivity (Wildman–Crippen MR) is 75.9 cm³/mol. The molecule has 0 aliphatic heterocycles. The third-order valence-electron chi connectivity index (χ3n) is 3.00. The number of nitrogens with two attached hydrogens (primary N) is 1. The largest absolute Gasteiger partial charge is 0.497 e. The molecule has 0 saturated heterocycles. The summed E-state index contributed by atoms with van der Waals surface area (Å²) in [5, 5.41) is 0. The molecule has 0 fully saturated rings. The van der Waals surface area contributed by atoms with Gasteiger partial charge in [-0.05, 0) is 25.5 Å². The van der Waals surface area contributed by atoms with Gasteiger partial charge in [-0.25, -0.2) is 0 Å². The van der Waals surface area contributed by atoms with Crippen molar-refractivity contribution < 1.29 is 14.3 Å². The van der Waals surface area contributed by atoms with Crippen molar-refractivity contribution in [2.24, 2.45) is 5.73 Å². The van der Waals surface area contributed by atoms with E-state index in [0.29, 0.717) is 32.0 Å². The van der Waals surface area contributed by atoms with E-state index in [1.165, 1.54) is 0 Å². The molecule has 2 rings (SSSR count). The minimum absolute atomic E-state index is 0.297. The van der Waals surface area contributed by atoms with Crippen molar-refractivity contribution in [3.05, 3.63) is 18.2 Å². The molecule has 20 heavy (non-hydrogen) atoms. The van der Waals surface area contributed by atoms with Gasteiger partial charge in [-0.2, -0.15) is 4.98 Å². The number of carbonyl (C=O) groups is 1. The predicted octanol–water partition coefficient (Wildman–Crippen LogP) is 1.71. The second-order valence-electron chi connectivity index (χ2n) is 4.40. The Balaban J connectivity index is 2.32. The summed E-state index contributed by atoms with van der Waals surface area (Å²) >= 11 is 0. The van der Waals surface area contributed by atoms with Crippen LogP contribution in [0.2, 0.25) is 0 Å². The van der Waals surface area contributed by atoms with Crippen LogP contribution >= 0.6 is 0 Å². The summed E-state index contributed by atoms with van der Waals surface area (Å²) in [7, 11) is 1.62. The van der Waals surface area contributed by atoms with Gasteiger partial charge >= 0.3 is 0 Å². The van der Waals surface area contributed by atoms with Crippen LogP contribution in [0.5, 0.6) is 11.8 Å². The molecule has 1 aromatic carbocycles. The van der Waals surface area contributed by atoms with Gasteiger partial charge in [0.05, 0.1) is 24.8 Å². The highest BCUT2D eigenvalue weighted by Gasteiger charge is 2.12. The molecule has 2 aromatic rings. The number of primary amides is 1. The van der Waals surface area contributed by atoms with Gasteiger partial charge in [0.15, 0.2) is 0 Å². The van der Waals surface area contributed by atoms with Gasteiger partial charge < -0.3 is 15.2 Å². The Morgan fingerprint density at radius 1 is 1.45 bits per heavy atom. The van der Waals surface area contributed by atoms with Crippen LogP contribution in [0.15, 0.2) is 18.2 Å². The molecule has 108 valence electrons. The maximum atomic E-state index is 10.8. The fourth-order valence-corrected chi connectivity index (χ4v) is 2.08. The average molecular weight is 277 g/mol. The van der Waals surface area contributed by atoms with Crippen molar-refractivity contribution in [1.29, 1.82) is 0 Å². The van der Waals surface area contributed by atoms with Gasteiger partial charge in [-0.3, -0.25) is 9.36 Å². The lowest BCUT2D eigenvalue weighted by atomic mass is 10.2. The molecule has 0 spiro atoms. The van der Waals surface area contributed by atoms with E-state index < -0.39 is 0 Å². The Morgan fingerprint density at radius 2 is 2.25 bits per heavy atom. The first-order valence-electron chi connectivity index (χ1n) is 6.61. The van der Waals surface area contributed by atoms with Crippen LogP contribution in [0, 0.1) is 0 Å². The first-order chi connectivity index (χ1) is 9.65. The number of carbonyl (C=O) groups excluding carboxylic acids is 1. The fourth-order valence-electron chi connectivity index (χ4n) is 2.08. The zero-order valence-electron chi connectivity index (χ0n) is 11.8. The summed E-state index contributed by atoms with van der Waals surface area (Å²) < 4.78 is 12.7. The van der Waals surface area contributed by atoms with E-state index in [4.69, 9.17) is 15.2 Å². The number of aryl methyl sites for hydroxylation is 1. The number of nitrogens with zero attached hydrogens (tertiary/aromatic N) is 2. The van der Waals surface area contributed by atoms with E-state index in [1.807, 2.05) is 29.7 Å². The van der Waals surface area contributed by atoms with E-state index in [0.717, 1.165) is 16.8 Å². The molecule has 0 saturated carbocycles. The summed E-state index contributed by atoms with van der Waals surface area (Å²) in [6, 6.07) is 6.24.